The first-order chi connectivity index (χ1) is 16.1. The number of pyridine rings is 2. The Morgan fingerprint density at radius 2 is 1.35 bits per heavy atom. The van der Waals surface area contributed by atoms with Crippen LogP contribution in [-0.2, 0) is 9.47 Å². The van der Waals surface area contributed by atoms with Crippen LogP contribution in [0.1, 0.15) is 7.43 Å². The minimum Gasteiger partial charge on any atom is -0.379 e. The number of ether oxygens (including phenoxy) is 2. The number of hydrogen-bond acceptors (Lipinski definition) is 8. The van der Waals surface area contributed by atoms with Crippen LogP contribution in [0.15, 0.2) is 48.8 Å². The summed E-state index contributed by atoms with van der Waals surface area (Å²) >= 11 is 13.6. The molecular formula is C23H27Br3N4O2S2. The Morgan fingerprint density at radius 1 is 0.794 bits per heavy atom. The number of nitrogens with zero attached hydrogens (tertiary/aromatic N) is 3. The van der Waals surface area contributed by atoms with Gasteiger partial charge in [-0.15, -0.1) is 22.7 Å². The Morgan fingerprint density at radius 3 is 1.94 bits per heavy atom. The second-order valence-corrected chi connectivity index (χ2v) is 11.4. The molecule has 0 aliphatic carbocycles. The molecule has 0 bridgehead atoms. The van der Waals surface area contributed by atoms with Crippen LogP contribution in [0, 0.1) is 0 Å². The van der Waals surface area contributed by atoms with Crippen molar-refractivity contribution in [1.82, 2.24) is 15.3 Å². The Labute approximate surface area is 233 Å². The first kappa shape index (κ1) is 27.9. The van der Waals surface area contributed by atoms with Gasteiger partial charge in [0.2, 0.25) is 0 Å². The van der Waals surface area contributed by atoms with E-state index in [1.54, 1.807) is 22.7 Å². The van der Waals surface area contributed by atoms with Crippen LogP contribution in [0.2, 0.25) is 0 Å². The lowest BCUT2D eigenvalue weighted by atomic mass is 10.3. The van der Waals surface area contributed by atoms with Gasteiger partial charge in [-0.05, 0) is 93.6 Å². The fourth-order valence-electron chi connectivity index (χ4n) is 3.34. The highest BCUT2D eigenvalue weighted by atomic mass is 79.9. The maximum absolute atomic E-state index is 5.37. The highest BCUT2D eigenvalue weighted by molar-refractivity contribution is 9.11. The highest BCUT2D eigenvalue weighted by Gasteiger charge is 2.16. The second kappa shape index (κ2) is 14.2. The number of thiophene rings is 2. The van der Waals surface area contributed by atoms with Crippen LogP contribution in [-0.4, -0.2) is 62.6 Å². The summed E-state index contributed by atoms with van der Waals surface area (Å²) in [5.74, 6) is 1.09. The fourth-order valence-corrected chi connectivity index (χ4v) is 6.77. The molecule has 2 aliphatic rings. The van der Waals surface area contributed by atoms with E-state index < -0.39 is 0 Å². The average Bonchev–Trinajstić information content (AvgIpc) is 3.51. The van der Waals surface area contributed by atoms with Gasteiger partial charge in [-0.3, -0.25) is 0 Å². The molecule has 0 atom stereocenters. The van der Waals surface area contributed by atoms with Gasteiger partial charge in [-0.2, -0.15) is 0 Å². The molecule has 0 spiro atoms. The van der Waals surface area contributed by atoms with Crippen LogP contribution < -0.4 is 10.2 Å². The number of nitrogens with one attached hydrogen (secondary N) is 1. The van der Waals surface area contributed by atoms with E-state index in [1.165, 1.54) is 20.2 Å². The Hall–Kier alpha value is -0.660. The van der Waals surface area contributed by atoms with Crippen LogP contribution in [0.5, 0.6) is 0 Å². The van der Waals surface area contributed by atoms with Crippen molar-refractivity contribution in [3.8, 4) is 0 Å². The maximum Gasteiger partial charge on any atom is 0.148 e. The Bertz CT molecular complexity index is 1170. The molecule has 6 nitrogen and oxygen atoms in total. The number of anilines is 1. The predicted octanol–water partition coefficient (Wildman–Crippen LogP) is 6.96. The van der Waals surface area contributed by atoms with Crippen molar-refractivity contribution < 1.29 is 9.47 Å². The molecule has 4 aromatic heterocycles. The summed E-state index contributed by atoms with van der Waals surface area (Å²) in [6, 6.07) is 8.29. The van der Waals surface area contributed by atoms with Crippen LogP contribution >= 0.6 is 70.5 Å². The summed E-state index contributed by atoms with van der Waals surface area (Å²) in [6.07, 6.45) is 0. The largest absolute Gasteiger partial charge is 0.379 e. The summed E-state index contributed by atoms with van der Waals surface area (Å²) in [7, 11) is 0. The van der Waals surface area contributed by atoms with Crippen molar-refractivity contribution in [2.45, 2.75) is 7.43 Å². The third kappa shape index (κ3) is 7.67. The second-order valence-electron chi connectivity index (χ2n) is 7.14. The third-order valence-corrected chi connectivity index (χ3v) is 8.42. The molecule has 1 N–H and O–H groups in total. The number of morpholine rings is 2. The Balaban J connectivity index is 0.000000156. The van der Waals surface area contributed by atoms with Crippen molar-refractivity contribution in [2.24, 2.45) is 0 Å². The van der Waals surface area contributed by atoms with Crippen molar-refractivity contribution >= 4 is 96.5 Å². The molecule has 0 aromatic carbocycles. The number of hydrogen-bond donors (Lipinski definition) is 1. The molecule has 0 amide bonds. The minimum absolute atomic E-state index is 0. The summed E-state index contributed by atoms with van der Waals surface area (Å²) in [5, 5.41) is 9.82. The van der Waals surface area contributed by atoms with Crippen molar-refractivity contribution in [2.75, 3.05) is 57.5 Å². The minimum atomic E-state index is 0. The van der Waals surface area contributed by atoms with E-state index >= 15 is 0 Å². The predicted molar refractivity (Wildman–Crippen MR) is 156 cm³/mol. The number of aromatic nitrogens is 2. The fraction of sp³-hybridized carbons (Fsp3) is 0.391. The molecule has 0 unspecified atom stereocenters. The molecule has 6 heterocycles. The average molecular weight is 695 g/mol. The quantitative estimate of drug-likeness (QED) is 0.218. The molecule has 2 aliphatic heterocycles. The standard InChI is InChI=1S/C11H11BrN2OS.C7H3Br2NS.C4H9NO.CH4/c12-9-7-8-1-6-16-10(8)11(13-9)14-2-4-15-5-3-14;8-5-3-4-1-2-11-6(4)7(9)10-5;1-3-6-4-2-5-1;/h1,6-7H,2-5H2;1-3H;5H,1-4H2;1H4. The smallest absolute Gasteiger partial charge is 0.148 e. The molecule has 2 fully saturated rings. The van der Waals surface area contributed by atoms with Gasteiger partial charge in [-0.1, -0.05) is 7.43 Å². The zero-order valence-corrected chi connectivity index (χ0v) is 24.1. The number of rotatable bonds is 1. The van der Waals surface area contributed by atoms with E-state index in [2.05, 4.69) is 96.9 Å². The van der Waals surface area contributed by atoms with Crippen LogP contribution in [0.4, 0.5) is 5.82 Å². The highest BCUT2D eigenvalue weighted by Crippen LogP contribution is 2.32. The van der Waals surface area contributed by atoms with Crippen molar-refractivity contribution in [1.29, 1.82) is 0 Å². The Kier molecular flexibility index (Phi) is 11.6. The molecular weight excluding hydrogens is 668 g/mol. The molecule has 184 valence electrons. The molecule has 2 saturated heterocycles. The van der Waals surface area contributed by atoms with Gasteiger partial charge in [0.05, 0.1) is 35.8 Å². The van der Waals surface area contributed by atoms with Gasteiger partial charge < -0.3 is 19.7 Å². The zero-order chi connectivity index (χ0) is 23.0. The van der Waals surface area contributed by atoms with Gasteiger partial charge in [0.25, 0.3) is 0 Å². The lowest BCUT2D eigenvalue weighted by Gasteiger charge is -2.28. The maximum atomic E-state index is 5.37. The van der Waals surface area contributed by atoms with Crippen LogP contribution in [0.3, 0.4) is 0 Å². The summed E-state index contributed by atoms with van der Waals surface area (Å²) < 4.78 is 15.5. The first-order valence-electron chi connectivity index (χ1n) is 10.5. The molecule has 6 rings (SSSR count). The molecule has 0 saturated carbocycles. The van der Waals surface area contributed by atoms with Crippen molar-refractivity contribution in [3.63, 3.8) is 0 Å². The lowest BCUT2D eigenvalue weighted by molar-refractivity contribution is 0.109. The summed E-state index contributed by atoms with van der Waals surface area (Å²) in [4.78, 5) is 11.1. The van der Waals surface area contributed by atoms with Gasteiger partial charge >= 0.3 is 0 Å². The van der Waals surface area contributed by atoms with E-state index in [4.69, 9.17) is 9.47 Å². The molecule has 11 heteroatoms. The third-order valence-electron chi connectivity index (χ3n) is 4.91. The normalized spacial score (nSPS) is 15.7. The summed E-state index contributed by atoms with van der Waals surface area (Å²) in [6.45, 7) is 7.27. The summed E-state index contributed by atoms with van der Waals surface area (Å²) in [5.41, 5.74) is 0. The van der Waals surface area contributed by atoms with E-state index in [-0.39, 0.29) is 7.43 Å². The monoisotopic (exact) mass is 692 g/mol. The molecule has 0 radical (unpaired) electrons. The first-order valence-corrected chi connectivity index (χ1v) is 14.6. The number of fused-ring (bicyclic) bond motifs is 2. The van der Waals surface area contributed by atoms with Crippen LogP contribution in [0.25, 0.3) is 20.2 Å². The van der Waals surface area contributed by atoms with E-state index in [0.29, 0.717) is 0 Å². The van der Waals surface area contributed by atoms with E-state index in [1.807, 2.05) is 6.07 Å². The van der Waals surface area contributed by atoms with Gasteiger partial charge in [0.15, 0.2) is 0 Å². The topological polar surface area (TPSA) is 59.5 Å². The lowest BCUT2D eigenvalue weighted by Crippen LogP contribution is -2.36. The van der Waals surface area contributed by atoms with Crippen molar-refractivity contribution in [3.05, 3.63) is 48.8 Å². The van der Waals surface area contributed by atoms with Gasteiger partial charge in [0, 0.05) is 26.2 Å². The molecule has 4 aromatic rings. The number of halogens is 3. The van der Waals surface area contributed by atoms with E-state index in [9.17, 15) is 0 Å². The van der Waals surface area contributed by atoms with Gasteiger partial charge in [0.1, 0.15) is 19.6 Å². The zero-order valence-electron chi connectivity index (χ0n) is 17.7. The van der Waals surface area contributed by atoms with E-state index in [0.717, 1.165) is 72.2 Å². The molecule has 34 heavy (non-hydrogen) atoms. The van der Waals surface area contributed by atoms with Gasteiger partial charge in [-0.25, -0.2) is 9.97 Å². The SMILES string of the molecule is Brc1cc2ccsc2c(Br)n1.Brc1cc2ccsc2c(N2CCOCC2)n1.C.C1COCCN1.